The van der Waals surface area contributed by atoms with E-state index in [1.807, 2.05) is 19.9 Å². The number of Topliss-reactive ketones (excluding diaryl/α,β-unsaturated/α-hetero) is 1. The summed E-state index contributed by atoms with van der Waals surface area (Å²) in [6.07, 6.45) is 0. The number of carbonyl (C=O) groups excluding carboxylic acids is 2. The first kappa shape index (κ1) is 9.71. The minimum Gasteiger partial charge on any atom is -0.494 e. The molecule has 4 nitrogen and oxygen atoms in total. The Morgan fingerprint density at radius 1 is 1.20 bits per heavy atom. The summed E-state index contributed by atoms with van der Waals surface area (Å²) in [7, 11) is 1.52. The number of carbonyl (C=O) groups is 2. The van der Waals surface area contributed by atoms with Crippen molar-refractivity contribution in [3.05, 3.63) is 22.8 Å². The standard InChI is InChI=1S/C11H11NO3/c1-5-4-6(2)10(15-3)8-7(5)9(13)11(14)12-8/h4H,1-3H3,(H,12,13,14). The molecule has 1 aliphatic heterocycles. The van der Waals surface area contributed by atoms with E-state index in [-0.39, 0.29) is 0 Å². The molecule has 0 fully saturated rings. The van der Waals surface area contributed by atoms with E-state index in [0.29, 0.717) is 17.0 Å². The van der Waals surface area contributed by atoms with Gasteiger partial charge in [-0.25, -0.2) is 0 Å². The molecule has 78 valence electrons. The topological polar surface area (TPSA) is 55.4 Å². The Labute approximate surface area is 87.2 Å². The fourth-order valence-corrected chi connectivity index (χ4v) is 1.93. The minimum absolute atomic E-state index is 0.433. The Kier molecular flexibility index (Phi) is 2.00. The van der Waals surface area contributed by atoms with Crippen molar-refractivity contribution in [2.75, 3.05) is 12.4 Å². The third-order valence-electron chi connectivity index (χ3n) is 2.54. The summed E-state index contributed by atoms with van der Waals surface area (Å²) in [6.45, 7) is 3.69. The maximum absolute atomic E-state index is 11.5. The van der Waals surface area contributed by atoms with Crippen LogP contribution in [0.3, 0.4) is 0 Å². The number of hydrogen-bond donors (Lipinski definition) is 1. The lowest BCUT2D eigenvalue weighted by Gasteiger charge is -2.11. The number of nitrogens with one attached hydrogen (secondary N) is 1. The molecule has 1 aromatic rings. The Balaban J connectivity index is 2.76. The van der Waals surface area contributed by atoms with E-state index in [1.54, 1.807) is 0 Å². The average Bonchev–Trinajstić information content (AvgIpc) is 2.44. The normalized spacial score (nSPS) is 13.8. The Bertz CT molecular complexity index is 477. The van der Waals surface area contributed by atoms with Crippen molar-refractivity contribution < 1.29 is 14.3 Å². The molecule has 0 spiro atoms. The first-order valence-electron chi connectivity index (χ1n) is 4.60. The lowest BCUT2D eigenvalue weighted by Crippen LogP contribution is -2.12. The van der Waals surface area contributed by atoms with Crippen LogP contribution >= 0.6 is 0 Å². The van der Waals surface area contributed by atoms with E-state index in [1.165, 1.54) is 7.11 Å². The van der Waals surface area contributed by atoms with Gasteiger partial charge >= 0.3 is 0 Å². The zero-order chi connectivity index (χ0) is 11.2. The molecular weight excluding hydrogens is 194 g/mol. The van der Waals surface area contributed by atoms with Crippen molar-refractivity contribution in [3.8, 4) is 5.75 Å². The molecule has 0 bridgehead atoms. The van der Waals surface area contributed by atoms with Crippen LogP contribution in [0.2, 0.25) is 0 Å². The van der Waals surface area contributed by atoms with Crippen LogP contribution < -0.4 is 10.1 Å². The van der Waals surface area contributed by atoms with Crippen molar-refractivity contribution >= 4 is 17.4 Å². The van der Waals surface area contributed by atoms with E-state index in [9.17, 15) is 9.59 Å². The Morgan fingerprint density at radius 3 is 2.47 bits per heavy atom. The Hall–Kier alpha value is -1.84. The maximum Gasteiger partial charge on any atom is 0.296 e. The molecule has 0 atom stereocenters. The molecule has 0 aliphatic carbocycles. The van der Waals surface area contributed by atoms with Gasteiger partial charge in [-0.15, -0.1) is 0 Å². The molecule has 1 N–H and O–H groups in total. The van der Waals surface area contributed by atoms with Crippen LogP contribution in [-0.4, -0.2) is 18.8 Å². The quantitative estimate of drug-likeness (QED) is 0.706. The van der Waals surface area contributed by atoms with Crippen molar-refractivity contribution in [2.24, 2.45) is 0 Å². The number of fused-ring (bicyclic) bond motifs is 1. The second-order valence-corrected chi connectivity index (χ2v) is 3.58. The summed E-state index contributed by atoms with van der Waals surface area (Å²) < 4.78 is 5.17. The second kappa shape index (κ2) is 3.08. The number of aryl methyl sites for hydroxylation is 2. The van der Waals surface area contributed by atoms with Crippen LogP contribution in [0.5, 0.6) is 5.75 Å². The minimum atomic E-state index is -0.586. The summed E-state index contributed by atoms with van der Waals surface area (Å²) in [5.74, 6) is -0.507. The zero-order valence-corrected chi connectivity index (χ0v) is 8.80. The lowest BCUT2D eigenvalue weighted by atomic mass is 10.0. The SMILES string of the molecule is COc1c(C)cc(C)c2c1NC(=O)C2=O. The number of anilines is 1. The van der Waals surface area contributed by atoms with E-state index < -0.39 is 11.7 Å². The van der Waals surface area contributed by atoms with Gasteiger partial charge in [0.2, 0.25) is 0 Å². The Morgan fingerprint density at radius 2 is 1.87 bits per heavy atom. The summed E-state index contributed by atoms with van der Waals surface area (Å²) in [5, 5.41) is 2.53. The average molecular weight is 205 g/mol. The van der Waals surface area contributed by atoms with E-state index in [0.717, 1.165) is 11.1 Å². The highest BCUT2D eigenvalue weighted by atomic mass is 16.5. The highest BCUT2D eigenvalue weighted by Crippen LogP contribution is 2.37. The van der Waals surface area contributed by atoms with Gasteiger partial charge in [0.1, 0.15) is 5.75 Å². The number of hydrogen-bond acceptors (Lipinski definition) is 3. The largest absolute Gasteiger partial charge is 0.494 e. The molecular formula is C11H11NO3. The van der Waals surface area contributed by atoms with E-state index in [4.69, 9.17) is 4.74 Å². The highest BCUT2D eigenvalue weighted by Gasteiger charge is 2.33. The molecule has 1 aliphatic rings. The summed E-state index contributed by atoms with van der Waals surface area (Å²) in [4.78, 5) is 22.8. The molecule has 1 heterocycles. The molecule has 2 rings (SSSR count). The fraction of sp³-hybridized carbons (Fsp3) is 0.273. The third-order valence-corrected chi connectivity index (χ3v) is 2.54. The van der Waals surface area contributed by atoms with Crippen LogP contribution in [0.15, 0.2) is 6.07 Å². The molecule has 0 saturated carbocycles. The van der Waals surface area contributed by atoms with Crippen LogP contribution in [0.4, 0.5) is 5.69 Å². The van der Waals surface area contributed by atoms with Crippen LogP contribution in [-0.2, 0) is 4.79 Å². The van der Waals surface area contributed by atoms with Gasteiger partial charge < -0.3 is 10.1 Å². The fourth-order valence-electron chi connectivity index (χ4n) is 1.93. The third kappa shape index (κ3) is 1.21. The van der Waals surface area contributed by atoms with Gasteiger partial charge in [0.05, 0.1) is 18.4 Å². The predicted molar refractivity (Wildman–Crippen MR) is 55.4 cm³/mol. The monoisotopic (exact) mass is 205 g/mol. The van der Waals surface area contributed by atoms with Crippen molar-refractivity contribution in [3.63, 3.8) is 0 Å². The number of benzene rings is 1. The second-order valence-electron chi connectivity index (χ2n) is 3.58. The summed E-state index contributed by atoms with van der Waals surface area (Å²) in [6, 6.07) is 1.84. The van der Waals surface area contributed by atoms with Gasteiger partial charge in [0, 0.05) is 0 Å². The van der Waals surface area contributed by atoms with Crippen molar-refractivity contribution in [1.82, 2.24) is 0 Å². The number of amides is 1. The maximum atomic E-state index is 11.5. The van der Waals surface area contributed by atoms with Crippen LogP contribution in [0.1, 0.15) is 21.5 Å². The van der Waals surface area contributed by atoms with Gasteiger partial charge in [-0.2, -0.15) is 0 Å². The number of methoxy groups -OCH3 is 1. The molecule has 0 radical (unpaired) electrons. The van der Waals surface area contributed by atoms with Crippen molar-refractivity contribution in [2.45, 2.75) is 13.8 Å². The zero-order valence-electron chi connectivity index (χ0n) is 8.80. The van der Waals surface area contributed by atoms with Gasteiger partial charge in [-0.1, -0.05) is 6.07 Å². The molecule has 0 saturated heterocycles. The van der Waals surface area contributed by atoms with Gasteiger partial charge in [-0.05, 0) is 25.0 Å². The molecule has 4 heteroatoms. The first-order valence-corrected chi connectivity index (χ1v) is 4.60. The molecule has 0 unspecified atom stereocenters. The van der Waals surface area contributed by atoms with Crippen LogP contribution in [0.25, 0.3) is 0 Å². The number of ketones is 1. The highest BCUT2D eigenvalue weighted by molar-refractivity contribution is 6.52. The summed E-state index contributed by atoms with van der Waals surface area (Å²) in [5.41, 5.74) is 2.64. The van der Waals surface area contributed by atoms with Gasteiger partial charge in [-0.3, -0.25) is 9.59 Å². The number of ether oxygens (including phenoxy) is 1. The predicted octanol–water partition coefficient (Wildman–Crippen LogP) is 1.45. The molecule has 1 amide bonds. The van der Waals surface area contributed by atoms with E-state index >= 15 is 0 Å². The van der Waals surface area contributed by atoms with Crippen LogP contribution in [0, 0.1) is 13.8 Å². The molecule has 1 aromatic carbocycles. The molecule has 15 heavy (non-hydrogen) atoms. The first-order chi connectivity index (χ1) is 7.06. The van der Waals surface area contributed by atoms with E-state index in [2.05, 4.69) is 5.32 Å². The summed E-state index contributed by atoms with van der Waals surface area (Å²) >= 11 is 0. The smallest absolute Gasteiger partial charge is 0.296 e. The molecule has 0 aromatic heterocycles. The van der Waals surface area contributed by atoms with Gasteiger partial charge in [0.15, 0.2) is 0 Å². The lowest BCUT2D eigenvalue weighted by molar-refractivity contribution is -0.112. The van der Waals surface area contributed by atoms with Crippen molar-refractivity contribution in [1.29, 1.82) is 0 Å². The number of rotatable bonds is 1. The van der Waals surface area contributed by atoms with Gasteiger partial charge in [0.25, 0.3) is 11.7 Å².